The average molecular weight is 883 g/mol. The number of aromatic nitrogens is 4. The van der Waals surface area contributed by atoms with E-state index in [1.54, 1.807) is 31.9 Å². The Balaban J connectivity index is -0.000000117. The van der Waals surface area contributed by atoms with Gasteiger partial charge < -0.3 is 19.3 Å². The van der Waals surface area contributed by atoms with Crippen molar-refractivity contribution in [3.05, 3.63) is 48.1 Å². The Morgan fingerprint density at radius 1 is 0.532 bits per heavy atom. The van der Waals surface area contributed by atoms with E-state index < -0.39 is 0 Å². The first-order valence-corrected chi connectivity index (χ1v) is 21.5. The maximum Gasteiger partial charge on any atom is 0.0640 e. The van der Waals surface area contributed by atoms with Crippen molar-refractivity contribution in [3.8, 4) is 0 Å². The van der Waals surface area contributed by atoms with Gasteiger partial charge in [0.2, 0.25) is 0 Å². The molecule has 2 aromatic heterocycles. The molecule has 0 aromatic carbocycles. The van der Waals surface area contributed by atoms with E-state index in [0.717, 1.165) is 50.0 Å². The number of aryl methyl sites for hydroxylation is 1. The Morgan fingerprint density at radius 3 is 1.19 bits per heavy atom. The fourth-order valence-corrected chi connectivity index (χ4v) is 5.01. The van der Waals surface area contributed by atoms with Gasteiger partial charge in [0.05, 0.1) is 36.9 Å². The van der Waals surface area contributed by atoms with Gasteiger partial charge in [0.1, 0.15) is 0 Å². The summed E-state index contributed by atoms with van der Waals surface area (Å²) >= 11 is 0. The van der Waals surface area contributed by atoms with Crippen LogP contribution in [-0.2, 0) is 20.3 Å². The summed E-state index contributed by atoms with van der Waals surface area (Å²) in [4.78, 5) is 24.1. The minimum atomic E-state index is 0. The van der Waals surface area contributed by atoms with Crippen molar-refractivity contribution in [2.45, 2.75) is 193 Å². The molecule has 2 aromatic rings. The zero-order chi connectivity index (χ0) is 44.7. The summed E-state index contributed by atoms with van der Waals surface area (Å²) in [5.41, 5.74) is 5.04. The number of likely N-dealkylation sites (N-methyl/N-ethyl adjacent to an activating group) is 1. The number of nitrogens with zero attached hydrogens (tertiary/aromatic N) is 7. The lowest BCUT2D eigenvalue weighted by atomic mass is 9.93. The number of rotatable bonds is 3. The van der Waals surface area contributed by atoms with E-state index in [1.165, 1.54) is 45.7 Å². The standard InChI is InChI=1S/C10H22N2.C9H14N2.C9H19NO.C8H12N2.C6H14O.C6H14.5CH4/c1-10(2,3)9-12-7-5-11(4)6-8-12;1-7-5-11-8(6-10-7)9(2,3)4;1-9(2,3)8-10-4-6-11-7-5-10;1-8(2,3)7-6-9-4-5-10-7;1-6(2,3)5-7-4;1-5-6(2,3)4;;;;;/h5-9H2,1-4H3;5-6H,1-4H3;4-8H2,1-3H3;4-6H,1-3H3;5H2,1-4H3;5H2,1-4H3;5*1H4. The van der Waals surface area contributed by atoms with E-state index in [2.05, 4.69) is 173 Å². The summed E-state index contributed by atoms with van der Waals surface area (Å²) in [7, 11) is 3.93. The smallest absolute Gasteiger partial charge is 0.0640 e. The first kappa shape index (κ1) is 74.3. The van der Waals surface area contributed by atoms with E-state index in [-0.39, 0.29) is 48.0 Å². The highest BCUT2D eigenvalue weighted by molar-refractivity contribution is 5.10. The van der Waals surface area contributed by atoms with Crippen LogP contribution in [0, 0.1) is 28.6 Å². The van der Waals surface area contributed by atoms with Crippen molar-refractivity contribution in [2.75, 3.05) is 86.3 Å². The van der Waals surface area contributed by atoms with Gasteiger partial charge in [-0.3, -0.25) is 24.8 Å². The minimum Gasteiger partial charge on any atom is -0.384 e. The van der Waals surface area contributed by atoms with E-state index in [0.29, 0.717) is 21.7 Å². The molecule has 2 aliphatic heterocycles. The molecule has 0 radical (unpaired) electrons. The molecule has 0 saturated carbocycles. The zero-order valence-electron chi connectivity index (χ0n) is 41.8. The Bertz CT molecular complexity index is 1230. The van der Waals surface area contributed by atoms with Crippen LogP contribution < -0.4 is 0 Å². The molecule has 0 amide bonds. The van der Waals surface area contributed by atoms with Crippen LogP contribution in [0.2, 0.25) is 0 Å². The monoisotopic (exact) mass is 882 g/mol. The Morgan fingerprint density at radius 2 is 0.935 bits per heavy atom. The van der Waals surface area contributed by atoms with Crippen LogP contribution in [0.3, 0.4) is 0 Å². The third-order valence-electron chi connectivity index (χ3n) is 8.61. The molecule has 2 saturated heterocycles. The second kappa shape index (κ2) is 35.2. The molecule has 62 heavy (non-hydrogen) atoms. The van der Waals surface area contributed by atoms with Gasteiger partial charge >= 0.3 is 0 Å². The maximum atomic E-state index is 5.27. The van der Waals surface area contributed by atoms with Crippen LogP contribution >= 0.6 is 0 Å². The predicted molar refractivity (Wildman–Crippen MR) is 281 cm³/mol. The van der Waals surface area contributed by atoms with E-state index in [4.69, 9.17) is 9.47 Å². The number of hydrogen-bond acceptors (Lipinski definition) is 9. The Labute approximate surface area is 391 Å². The topological polar surface area (TPSA) is 79.7 Å². The highest BCUT2D eigenvalue weighted by atomic mass is 16.5. The molecule has 374 valence electrons. The fraction of sp³-hybridized carbons (Fsp3) is 0.849. The summed E-state index contributed by atoms with van der Waals surface area (Å²) < 4.78 is 10.2. The number of morpholine rings is 1. The maximum absolute atomic E-state index is 5.27. The van der Waals surface area contributed by atoms with E-state index in [9.17, 15) is 0 Å². The van der Waals surface area contributed by atoms with Crippen molar-refractivity contribution < 1.29 is 9.47 Å². The minimum absolute atomic E-state index is 0. The normalized spacial score (nSPS) is 14.8. The van der Waals surface area contributed by atoms with Crippen LogP contribution in [0.25, 0.3) is 0 Å². The number of piperazine rings is 1. The average Bonchev–Trinajstić information content (AvgIpc) is 3.05. The summed E-state index contributed by atoms with van der Waals surface area (Å²) in [5, 5.41) is 0. The number of hydrogen-bond donors (Lipinski definition) is 0. The van der Waals surface area contributed by atoms with Gasteiger partial charge in [0.15, 0.2) is 0 Å². The van der Waals surface area contributed by atoms with Gasteiger partial charge in [0, 0.05) is 101 Å². The van der Waals surface area contributed by atoms with E-state index >= 15 is 0 Å². The van der Waals surface area contributed by atoms with Gasteiger partial charge in [-0.1, -0.05) is 175 Å². The van der Waals surface area contributed by atoms with Crippen LogP contribution in [-0.4, -0.2) is 121 Å². The summed E-state index contributed by atoms with van der Waals surface area (Å²) in [5.74, 6) is 0. The lowest BCUT2D eigenvalue weighted by molar-refractivity contribution is 0.0236. The zero-order valence-corrected chi connectivity index (χ0v) is 41.8. The van der Waals surface area contributed by atoms with Gasteiger partial charge in [-0.25, -0.2) is 0 Å². The van der Waals surface area contributed by atoms with Crippen molar-refractivity contribution in [3.63, 3.8) is 0 Å². The van der Waals surface area contributed by atoms with Gasteiger partial charge in [0.25, 0.3) is 0 Å². The predicted octanol–water partition coefficient (Wildman–Crippen LogP) is 13.8. The number of methoxy groups -OCH3 is 1. The summed E-state index contributed by atoms with van der Waals surface area (Å²) in [6.45, 7) is 56.1. The third-order valence-corrected chi connectivity index (χ3v) is 8.61. The summed E-state index contributed by atoms with van der Waals surface area (Å²) in [6, 6.07) is 0. The molecule has 2 fully saturated rings. The lowest BCUT2D eigenvalue weighted by Crippen LogP contribution is -2.47. The molecule has 4 rings (SSSR count). The molecule has 0 spiro atoms. The largest absolute Gasteiger partial charge is 0.384 e. The highest BCUT2D eigenvalue weighted by Gasteiger charge is 2.20. The summed E-state index contributed by atoms with van der Waals surface area (Å²) in [6.07, 6.45) is 10.1. The Kier molecular flexibility index (Phi) is 42.3. The van der Waals surface area contributed by atoms with Crippen molar-refractivity contribution in [1.29, 1.82) is 0 Å². The molecular formula is C53H115N7O2. The molecule has 0 atom stereocenters. The molecule has 9 nitrogen and oxygen atoms in total. The first-order valence-electron chi connectivity index (χ1n) is 21.5. The molecule has 0 unspecified atom stereocenters. The third kappa shape index (κ3) is 47.4. The van der Waals surface area contributed by atoms with Crippen LogP contribution in [0.5, 0.6) is 0 Å². The van der Waals surface area contributed by atoms with Crippen LogP contribution in [0.15, 0.2) is 31.0 Å². The van der Waals surface area contributed by atoms with Gasteiger partial charge in [-0.05, 0) is 35.6 Å². The second-order valence-corrected chi connectivity index (χ2v) is 22.6. The van der Waals surface area contributed by atoms with Crippen LogP contribution in [0.4, 0.5) is 0 Å². The molecule has 0 bridgehead atoms. The van der Waals surface area contributed by atoms with Gasteiger partial charge in [-0.2, -0.15) is 0 Å². The van der Waals surface area contributed by atoms with Crippen molar-refractivity contribution in [1.82, 2.24) is 34.6 Å². The lowest BCUT2D eigenvalue weighted by Gasteiger charge is -2.36. The fourth-order valence-electron chi connectivity index (χ4n) is 5.01. The van der Waals surface area contributed by atoms with Crippen LogP contribution in [0.1, 0.15) is 192 Å². The van der Waals surface area contributed by atoms with Crippen molar-refractivity contribution in [2.24, 2.45) is 21.7 Å². The molecule has 0 N–H and O–H groups in total. The number of ether oxygens (including phenoxy) is 2. The first-order chi connectivity index (χ1) is 25.8. The van der Waals surface area contributed by atoms with Gasteiger partial charge in [-0.15, -0.1) is 0 Å². The Hall–Kier alpha value is -2.04. The SMILES string of the molecule is C.C.C.C.C.CC(C)(C)CN1CCOCC1.CC(C)(C)c1cnccn1.CCC(C)(C)C.CN1CCN(CC(C)(C)C)CC1.COCC(C)(C)C.Cc1cnc(C(C)(C)C)cn1. The molecular weight excluding hydrogens is 767 g/mol. The second-order valence-electron chi connectivity index (χ2n) is 22.6. The highest BCUT2D eigenvalue weighted by Crippen LogP contribution is 2.20. The molecule has 0 aliphatic carbocycles. The van der Waals surface area contributed by atoms with E-state index in [1.807, 2.05) is 13.1 Å². The molecule has 2 aliphatic rings. The van der Waals surface area contributed by atoms with Crippen molar-refractivity contribution >= 4 is 0 Å². The molecule has 4 heterocycles. The molecule has 9 heteroatoms. The quantitative estimate of drug-likeness (QED) is 0.299.